The zero-order valence-electron chi connectivity index (χ0n) is 12.8. The van der Waals surface area contributed by atoms with Crippen molar-refractivity contribution in [3.63, 3.8) is 0 Å². The van der Waals surface area contributed by atoms with Crippen molar-refractivity contribution in [1.29, 1.82) is 0 Å². The summed E-state index contributed by atoms with van der Waals surface area (Å²) in [7, 11) is 1.34. The lowest BCUT2D eigenvalue weighted by Gasteiger charge is -2.26. The molecule has 4 nitrogen and oxygen atoms in total. The molecule has 1 N–H and O–H groups in total. The highest BCUT2D eigenvalue weighted by atomic mass is 16.6. The maximum Gasteiger partial charge on any atom is 0.373 e. The van der Waals surface area contributed by atoms with Crippen LogP contribution in [0.1, 0.15) is 27.7 Å². The number of benzene rings is 1. The summed E-state index contributed by atoms with van der Waals surface area (Å²) in [5.41, 5.74) is -0.382. The number of nitrogens with one attached hydrogen (secondary N) is 1. The minimum Gasteiger partial charge on any atom is -0.463 e. The summed E-state index contributed by atoms with van der Waals surface area (Å²) in [6, 6.07) is 9.46. The third-order valence-corrected chi connectivity index (χ3v) is 2.51. The molecule has 1 rings (SSSR count). The lowest BCUT2D eigenvalue weighted by molar-refractivity contribution is -0.138. The number of rotatable bonds is 6. The van der Waals surface area contributed by atoms with Gasteiger partial charge in [-0.05, 0) is 32.1 Å². The molecular weight excluding hydrogens is 254 g/mol. The lowest BCUT2D eigenvalue weighted by atomic mass is 10.0. The van der Waals surface area contributed by atoms with Crippen LogP contribution in [0.15, 0.2) is 42.2 Å². The molecule has 0 aliphatic carbocycles. The van der Waals surface area contributed by atoms with E-state index in [0.717, 1.165) is 0 Å². The Morgan fingerprint density at radius 2 is 1.85 bits per heavy atom. The molecule has 0 atom stereocenters. The van der Waals surface area contributed by atoms with Gasteiger partial charge in [0.25, 0.3) is 0 Å². The number of methoxy groups -OCH3 is 1. The predicted octanol–water partition coefficient (Wildman–Crippen LogP) is 2.90. The van der Waals surface area contributed by atoms with Crippen LogP contribution in [0.3, 0.4) is 0 Å². The molecule has 0 heterocycles. The first-order valence-electron chi connectivity index (χ1n) is 6.66. The van der Waals surface area contributed by atoms with E-state index in [9.17, 15) is 4.79 Å². The summed E-state index contributed by atoms with van der Waals surface area (Å²) >= 11 is 0. The maximum absolute atomic E-state index is 11.8. The van der Waals surface area contributed by atoms with E-state index >= 15 is 0 Å². The zero-order valence-corrected chi connectivity index (χ0v) is 12.8. The first-order chi connectivity index (χ1) is 9.34. The average Bonchev–Trinajstić information content (AvgIpc) is 2.36. The fourth-order valence-corrected chi connectivity index (χ4v) is 1.96. The molecule has 1 aromatic rings. The van der Waals surface area contributed by atoms with E-state index in [4.69, 9.17) is 9.47 Å². The lowest BCUT2D eigenvalue weighted by Crippen LogP contribution is -2.42. The average molecular weight is 277 g/mol. The Balaban J connectivity index is 2.97. The number of hydrogen-bond donors (Lipinski definition) is 1. The Morgan fingerprint density at radius 1 is 1.25 bits per heavy atom. The second-order valence-electron chi connectivity index (χ2n) is 5.44. The fourth-order valence-electron chi connectivity index (χ4n) is 1.96. The first kappa shape index (κ1) is 16.2. The van der Waals surface area contributed by atoms with E-state index in [0.29, 0.717) is 5.75 Å². The summed E-state index contributed by atoms with van der Waals surface area (Å²) in [6.45, 7) is 8.05. The molecule has 0 saturated heterocycles. The van der Waals surface area contributed by atoms with Crippen molar-refractivity contribution in [2.24, 2.45) is 0 Å². The molecule has 0 amide bonds. The molecule has 0 bridgehead atoms. The zero-order chi connectivity index (χ0) is 15.2. The van der Waals surface area contributed by atoms with Crippen LogP contribution < -0.4 is 10.1 Å². The molecule has 1 aromatic carbocycles. The normalized spacial score (nSPS) is 12.4. The molecule has 0 saturated carbocycles. The topological polar surface area (TPSA) is 47.6 Å². The van der Waals surface area contributed by atoms with Gasteiger partial charge in [-0.2, -0.15) is 0 Å². The Morgan fingerprint density at radius 3 is 2.35 bits per heavy atom. The number of carbonyl (C=O) groups excluding carboxylic acids is 1. The van der Waals surface area contributed by atoms with Gasteiger partial charge in [0.2, 0.25) is 5.76 Å². The predicted molar refractivity (Wildman–Crippen MR) is 79.5 cm³/mol. The molecule has 20 heavy (non-hydrogen) atoms. The van der Waals surface area contributed by atoms with Crippen LogP contribution in [0.4, 0.5) is 0 Å². The van der Waals surface area contributed by atoms with E-state index in [1.54, 1.807) is 18.2 Å². The van der Waals surface area contributed by atoms with E-state index in [1.807, 2.05) is 45.9 Å². The van der Waals surface area contributed by atoms with Crippen molar-refractivity contribution in [3.05, 3.63) is 42.2 Å². The molecule has 0 unspecified atom stereocenters. The summed E-state index contributed by atoms with van der Waals surface area (Å²) < 4.78 is 10.4. The third-order valence-electron chi connectivity index (χ3n) is 2.51. The van der Waals surface area contributed by atoms with E-state index < -0.39 is 5.97 Å². The van der Waals surface area contributed by atoms with E-state index in [-0.39, 0.29) is 17.3 Å². The molecule has 0 spiro atoms. The summed E-state index contributed by atoms with van der Waals surface area (Å²) in [4.78, 5) is 11.8. The Kier molecular flexibility index (Phi) is 5.77. The van der Waals surface area contributed by atoms with Gasteiger partial charge in [0.15, 0.2) is 0 Å². The van der Waals surface area contributed by atoms with Gasteiger partial charge in [-0.3, -0.25) is 0 Å². The minimum atomic E-state index is -0.493. The Hall–Kier alpha value is -1.81. The second-order valence-corrected chi connectivity index (χ2v) is 5.44. The Labute approximate surface area is 120 Å². The maximum atomic E-state index is 11.8. The highest BCUT2D eigenvalue weighted by Gasteiger charge is 2.21. The highest BCUT2D eigenvalue weighted by molar-refractivity contribution is 5.86. The SMILES string of the molecule is COC(=O)/C(=C\C(C)(C)NC(C)C)Oc1ccccc1. The van der Waals surface area contributed by atoms with Crippen LogP contribution in [0.25, 0.3) is 0 Å². The van der Waals surface area contributed by atoms with Gasteiger partial charge in [0, 0.05) is 11.6 Å². The molecule has 4 heteroatoms. The van der Waals surface area contributed by atoms with Gasteiger partial charge >= 0.3 is 5.97 Å². The molecule has 0 radical (unpaired) electrons. The van der Waals surface area contributed by atoms with Gasteiger partial charge in [-0.1, -0.05) is 32.0 Å². The highest BCUT2D eigenvalue weighted by Crippen LogP contribution is 2.17. The molecular formula is C16H23NO3. The van der Waals surface area contributed by atoms with Gasteiger partial charge < -0.3 is 14.8 Å². The Bertz CT molecular complexity index is 464. The third kappa shape index (κ3) is 5.45. The number of ether oxygens (including phenoxy) is 2. The van der Waals surface area contributed by atoms with Crippen molar-refractivity contribution in [1.82, 2.24) is 5.32 Å². The minimum absolute atomic E-state index is 0.178. The van der Waals surface area contributed by atoms with Crippen LogP contribution >= 0.6 is 0 Å². The number of esters is 1. The number of para-hydroxylation sites is 1. The molecule has 0 fully saturated rings. The van der Waals surface area contributed by atoms with Crippen molar-refractivity contribution < 1.29 is 14.3 Å². The van der Waals surface area contributed by atoms with Crippen LogP contribution in [0, 0.1) is 0 Å². The van der Waals surface area contributed by atoms with E-state index in [1.165, 1.54) is 7.11 Å². The number of hydrogen-bond acceptors (Lipinski definition) is 4. The smallest absolute Gasteiger partial charge is 0.373 e. The fraction of sp³-hybridized carbons (Fsp3) is 0.438. The summed E-state index contributed by atoms with van der Waals surface area (Å²) in [5.74, 6) is 0.286. The molecule has 0 aliphatic rings. The largest absolute Gasteiger partial charge is 0.463 e. The van der Waals surface area contributed by atoms with Crippen LogP contribution in [-0.4, -0.2) is 24.7 Å². The van der Waals surface area contributed by atoms with Gasteiger partial charge in [0.05, 0.1) is 7.11 Å². The first-order valence-corrected chi connectivity index (χ1v) is 6.66. The quantitative estimate of drug-likeness (QED) is 0.493. The van der Waals surface area contributed by atoms with Crippen LogP contribution in [0.2, 0.25) is 0 Å². The van der Waals surface area contributed by atoms with Crippen molar-refractivity contribution >= 4 is 5.97 Å². The molecule has 0 aliphatic heterocycles. The van der Waals surface area contributed by atoms with Gasteiger partial charge in [-0.25, -0.2) is 4.79 Å². The van der Waals surface area contributed by atoms with E-state index in [2.05, 4.69) is 5.32 Å². The van der Waals surface area contributed by atoms with Crippen molar-refractivity contribution in [3.8, 4) is 5.75 Å². The summed E-state index contributed by atoms with van der Waals surface area (Å²) in [5, 5.41) is 3.35. The van der Waals surface area contributed by atoms with Crippen molar-refractivity contribution in [2.75, 3.05) is 7.11 Å². The molecule has 0 aromatic heterocycles. The molecule has 110 valence electrons. The standard InChI is InChI=1S/C16H23NO3/c1-12(2)17-16(3,4)11-14(15(18)19-5)20-13-9-7-6-8-10-13/h6-12,17H,1-5H3/b14-11+. The van der Waals surface area contributed by atoms with Crippen LogP contribution in [-0.2, 0) is 9.53 Å². The summed E-state index contributed by atoms with van der Waals surface area (Å²) in [6.07, 6.45) is 1.74. The van der Waals surface area contributed by atoms with Gasteiger partial charge in [0.1, 0.15) is 5.75 Å². The van der Waals surface area contributed by atoms with Crippen LogP contribution in [0.5, 0.6) is 5.75 Å². The van der Waals surface area contributed by atoms with Gasteiger partial charge in [-0.15, -0.1) is 0 Å². The number of carbonyl (C=O) groups is 1. The second kappa shape index (κ2) is 7.10. The monoisotopic (exact) mass is 277 g/mol. The van der Waals surface area contributed by atoms with Crippen molar-refractivity contribution in [2.45, 2.75) is 39.3 Å².